The summed E-state index contributed by atoms with van der Waals surface area (Å²) in [5, 5.41) is 15.7. The first-order chi connectivity index (χ1) is 9.32. The van der Waals surface area contributed by atoms with Crippen molar-refractivity contribution in [3.05, 3.63) is 33.9 Å². The molecule has 0 fully saturated rings. The number of hydrogen-bond acceptors (Lipinski definition) is 4. The minimum Gasteiger partial charge on any atom is -0.376 e. The van der Waals surface area contributed by atoms with Gasteiger partial charge in [-0.2, -0.15) is 0 Å². The molecule has 0 aromatic heterocycles. The van der Waals surface area contributed by atoms with Crippen LogP contribution in [0.15, 0.2) is 12.1 Å². The number of nitro benzene ring substituents is 1. The van der Waals surface area contributed by atoms with E-state index in [1.54, 1.807) is 13.8 Å². The summed E-state index contributed by atoms with van der Waals surface area (Å²) < 4.78 is 26.6. The maximum Gasteiger partial charge on any atom is 0.295 e. The molecule has 1 aromatic rings. The van der Waals surface area contributed by atoms with Gasteiger partial charge in [-0.05, 0) is 19.9 Å². The molecule has 2 N–H and O–H groups in total. The van der Waals surface area contributed by atoms with Gasteiger partial charge in [0.1, 0.15) is 0 Å². The van der Waals surface area contributed by atoms with Crippen molar-refractivity contribution in [2.45, 2.75) is 26.3 Å². The second-order valence-electron chi connectivity index (χ2n) is 4.41. The Bertz CT molecular complexity index is 521. The fourth-order valence-electron chi connectivity index (χ4n) is 1.56. The third-order valence-electron chi connectivity index (χ3n) is 2.37. The number of carbonyl (C=O) groups excluding carboxylic acids is 1. The van der Waals surface area contributed by atoms with Crippen molar-refractivity contribution in [3.8, 4) is 0 Å². The smallest absolute Gasteiger partial charge is 0.295 e. The average molecular weight is 287 g/mol. The second-order valence-corrected chi connectivity index (χ2v) is 4.41. The number of nitrogens with one attached hydrogen (secondary N) is 2. The maximum atomic E-state index is 13.5. The molecule has 6 nitrogen and oxygen atoms in total. The van der Waals surface area contributed by atoms with Crippen LogP contribution in [0, 0.1) is 21.7 Å². The Balaban J connectivity index is 2.74. The summed E-state index contributed by atoms with van der Waals surface area (Å²) >= 11 is 0. The van der Waals surface area contributed by atoms with Crippen molar-refractivity contribution >= 4 is 17.3 Å². The maximum absolute atomic E-state index is 13.5. The van der Waals surface area contributed by atoms with Crippen molar-refractivity contribution in [2.75, 3.05) is 11.9 Å². The summed E-state index contributed by atoms with van der Waals surface area (Å²) in [6, 6.07) is 1.52. The van der Waals surface area contributed by atoms with Crippen LogP contribution in [0.4, 0.5) is 20.2 Å². The van der Waals surface area contributed by atoms with E-state index >= 15 is 0 Å². The van der Waals surface area contributed by atoms with Gasteiger partial charge < -0.3 is 10.6 Å². The average Bonchev–Trinajstić information content (AvgIpc) is 2.33. The molecule has 0 saturated carbocycles. The van der Waals surface area contributed by atoms with Crippen molar-refractivity contribution in [2.24, 2.45) is 0 Å². The van der Waals surface area contributed by atoms with Crippen LogP contribution in [-0.2, 0) is 4.79 Å². The zero-order valence-corrected chi connectivity index (χ0v) is 11.1. The van der Waals surface area contributed by atoms with Crippen LogP contribution >= 0.6 is 0 Å². The molecule has 0 aliphatic carbocycles. The lowest BCUT2D eigenvalue weighted by molar-refractivity contribution is -0.384. The lowest BCUT2D eigenvalue weighted by atomic mass is 10.2. The van der Waals surface area contributed by atoms with Gasteiger partial charge in [0.15, 0.2) is 17.3 Å². The number of halogens is 2. The van der Waals surface area contributed by atoms with Crippen molar-refractivity contribution in [1.82, 2.24) is 5.32 Å². The summed E-state index contributed by atoms with van der Waals surface area (Å²) in [4.78, 5) is 21.3. The summed E-state index contributed by atoms with van der Waals surface area (Å²) in [7, 11) is 0. The molecule has 20 heavy (non-hydrogen) atoms. The number of carbonyl (C=O) groups is 1. The minimum atomic E-state index is -1.33. The Labute approximate surface area is 114 Å². The predicted molar refractivity (Wildman–Crippen MR) is 69.4 cm³/mol. The second kappa shape index (κ2) is 6.78. The van der Waals surface area contributed by atoms with Crippen molar-refractivity contribution in [1.29, 1.82) is 0 Å². The Morgan fingerprint density at radius 1 is 1.40 bits per heavy atom. The molecule has 0 aliphatic heterocycles. The van der Waals surface area contributed by atoms with Gasteiger partial charge in [-0.1, -0.05) is 0 Å². The summed E-state index contributed by atoms with van der Waals surface area (Å²) in [5.74, 6) is -2.81. The highest BCUT2D eigenvalue weighted by atomic mass is 19.2. The summed E-state index contributed by atoms with van der Waals surface area (Å²) in [6.45, 7) is 3.52. The highest BCUT2D eigenvalue weighted by Gasteiger charge is 2.21. The molecule has 0 atom stereocenters. The molecule has 8 heteroatoms. The molecule has 0 spiro atoms. The quantitative estimate of drug-likeness (QED) is 0.620. The molecular weight excluding hydrogens is 272 g/mol. The number of nitro groups is 1. The summed E-state index contributed by atoms with van der Waals surface area (Å²) in [6.07, 6.45) is -0.00864. The van der Waals surface area contributed by atoms with Crippen LogP contribution in [0.2, 0.25) is 0 Å². The normalized spacial score (nSPS) is 10.4. The van der Waals surface area contributed by atoms with E-state index in [-0.39, 0.29) is 24.9 Å². The van der Waals surface area contributed by atoms with Crippen LogP contribution in [0.3, 0.4) is 0 Å². The number of hydrogen-bond donors (Lipinski definition) is 2. The van der Waals surface area contributed by atoms with Gasteiger partial charge in [-0.15, -0.1) is 0 Å². The highest BCUT2D eigenvalue weighted by Crippen LogP contribution is 2.28. The van der Waals surface area contributed by atoms with E-state index in [0.717, 1.165) is 6.07 Å². The third kappa shape index (κ3) is 4.15. The van der Waals surface area contributed by atoms with Gasteiger partial charge in [-0.25, -0.2) is 8.78 Å². The zero-order chi connectivity index (χ0) is 15.3. The monoisotopic (exact) mass is 287 g/mol. The largest absolute Gasteiger partial charge is 0.376 e. The van der Waals surface area contributed by atoms with Crippen molar-refractivity contribution < 1.29 is 18.5 Å². The molecule has 0 unspecified atom stereocenters. The Morgan fingerprint density at radius 3 is 2.60 bits per heavy atom. The lowest BCUT2D eigenvalue weighted by Crippen LogP contribution is -2.31. The lowest BCUT2D eigenvalue weighted by Gasteiger charge is -2.10. The molecular formula is C12H15F2N3O3. The van der Waals surface area contributed by atoms with Gasteiger partial charge in [0.2, 0.25) is 5.91 Å². The van der Waals surface area contributed by atoms with E-state index in [2.05, 4.69) is 10.6 Å². The Hall–Kier alpha value is -2.25. The molecule has 0 radical (unpaired) electrons. The number of amides is 1. The van der Waals surface area contributed by atoms with E-state index in [1.165, 1.54) is 0 Å². The number of nitrogens with zero attached hydrogens (tertiary/aromatic N) is 1. The van der Waals surface area contributed by atoms with Crippen LogP contribution in [-0.4, -0.2) is 23.4 Å². The number of benzene rings is 1. The first-order valence-electron chi connectivity index (χ1n) is 5.98. The molecule has 0 heterocycles. The van der Waals surface area contributed by atoms with Gasteiger partial charge >= 0.3 is 0 Å². The van der Waals surface area contributed by atoms with Crippen LogP contribution in [0.25, 0.3) is 0 Å². The number of anilines is 1. The van der Waals surface area contributed by atoms with Gasteiger partial charge in [0.25, 0.3) is 5.69 Å². The van der Waals surface area contributed by atoms with E-state index in [0.29, 0.717) is 6.07 Å². The van der Waals surface area contributed by atoms with Gasteiger partial charge in [0, 0.05) is 25.1 Å². The first kappa shape index (κ1) is 15.8. The van der Waals surface area contributed by atoms with Gasteiger partial charge in [0.05, 0.1) is 4.92 Å². The molecule has 1 rings (SSSR count). The minimum absolute atomic E-state index is 0.00864. The highest BCUT2D eigenvalue weighted by molar-refractivity contribution is 5.77. The van der Waals surface area contributed by atoms with E-state index in [1.807, 2.05) is 0 Å². The van der Waals surface area contributed by atoms with E-state index in [4.69, 9.17) is 0 Å². The van der Waals surface area contributed by atoms with Crippen LogP contribution in [0.5, 0.6) is 0 Å². The molecule has 1 aromatic carbocycles. The topological polar surface area (TPSA) is 84.3 Å². The predicted octanol–water partition coefficient (Wildman–Crippen LogP) is 2.20. The molecule has 1 amide bonds. The molecule has 0 bridgehead atoms. The third-order valence-corrected chi connectivity index (χ3v) is 2.37. The standard InChI is InChI=1S/C12H15F2N3O3/c1-7(2)16-10(18)5-6-15-12-9(17(19)20)4-3-8(13)11(12)14/h3-4,7,15H,5-6H2,1-2H3,(H,16,18). The first-order valence-corrected chi connectivity index (χ1v) is 5.98. The molecule has 0 aliphatic rings. The van der Waals surface area contributed by atoms with Crippen LogP contribution < -0.4 is 10.6 Å². The fourth-order valence-corrected chi connectivity index (χ4v) is 1.56. The molecule has 110 valence electrons. The SMILES string of the molecule is CC(C)NC(=O)CCNc1c([N+](=O)[O-])ccc(F)c1F. The Morgan fingerprint density at radius 2 is 2.05 bits per heavy atom. The summed E-state index contributed by atoms with van der Waals surface area (Å²) in [5.41, 5.74) is -1.12. The fraction of sp³-hybridized carbons (Fsp3) is 0.417. The number of rotatable bonds is 6. The Kier molecular flexibility index (Phi) is 5.36. The van der Waals surface area contributed by atoms with Gasteiger partial charge in [-0.3, -0.25) is 14.9 Å². The van der Waals surface area contributed by atoms with E-state index in [9.17, 15) is 23.7 Å². The zero-order valence-electron chi connectivity index (χ0n) is 11.1. The van der Waals surface area contributed by atoms with Crippen LogP contribution in [0.1, 0.15) is 20.3 Å². The van der Waals surface area contributed by atoms with E-state index < -0.39 is 27.9 Å². The molecule has 0 saturated heterocycles. The van der Waals surface area contributed by atoms with Crippen molar-refractivity contribution in [3.63, 3.8) is 0 Å².